The highest BCUT2D eigenvalue weighted by Gasteiger charge is 2.48. The molecule has 0 saturated heterocycles. The van der Waals surface area contributed by atoms with E-state index >= 15 is 0 Å². The van der Waals surface area contributed by atoms with Crippen LogP contribution in [0.25, 0.3) is 0 Å². The summed E-state index contributed by atoms with van der Waals surface area (Å²) in [5, 5.41) is 13.5. The molecular formula is C11H13NO3S. The number of rotatable bonds is 4. The number of hydrogen-bond acceptors (Lipinski definition) is 3. The number of carbonyl (C=O) groups is 2. The van der Waals surface area contributed by atoms with Crippen molar-refractivity contribution >= 4 is 23.2 Å². The average Bonchev–Trinajstić information content (AvgIpc) is 2.85. The number of hydrogen-bond donors (Lipinski definition) is 2. The van der Waals surface area contributed by atoms with Gasteiger partial charge < -0.3 is 10.4 Å². The summed E-state index contributed by atoms with van der Waals surface area (Å²) in [6.07, 6.45) is 0.471. The van der Waals surface area contributed by atoms with Crippen molar-refractivity contribution in [3.8, 4) is 0 Å². The third-order valence-electron chi connectivity index (χ3n) is 2.77. The number of thiophene rings is 1. The lowest BCUT2D eigenvalue weighted by atomic mass is 10.2. The maximum atomic E-state index is 11.7. The third-order valence-corrected chi connectivity index (χ3v) is 3.83. The third kappa shape index (κ3) is 2.24. The molecule has 1 saturated carbocycles. The van der Waals surface area contributed by atoms with Gasteiger partial charge in [0.25, 0.3) is 0 Å². The minimum Gasteiger partial charge on any atom is -0.481 e. The van der Waals surface area contributed by atoms with Gasteiger partial charge in [-0.05, 0) is 24.8 Å². The molecule has 1 fully saturated rings. The first kappa shape index (κ1) is 11.1. The van der Waals surface area contributed by atoms with Crippen LogP contribution in [0.4, 0.5) is 0 Å². The Hall–Kier alpha value is -1.36. The molecule has 1 aliphatic carbocycles. The maximum Gasteiger partial charge on any atom is 0.307 e. The standard InChI is InChI=1S/C11H13NO3S/c1-6(9-3-2-4-16-9)12-10(13)7-5-8(7)11(14)15/h2-4,6-8H,5H2,1H3,(H,12,13)(H,14,15)/t6?,7-,8+/m1/s1. The Morgan fingerprint density at radius 1 is 1.56 bits per heavy atom. The van der Waals surface area contributed by atoms with Crippen molar-refractivity contribution in [2.75, 3.05) is 0 Å². The molecule has 4 nitrogen and oxygen atoms in total. The van der Waals surface area contributed by atoms with Gasteiger partial charge in [-0.1, -0.05) is 6.07 Å². The Bertz CT molecular complexity index is 401. The Kier molecular flexibility index (Phi) is 2.96. The molecule has 2 rings (SSSR count). The number of nitrogens with one attached hydrogen (secondary N) is 1. The average molecular weight is 239 g/mol. The quantitative estimate of drug-likeness (QED) is 0.839. The van der Waals surface area contributed by atoms with E-state index in [-0.39, 0.29) is 17.9 Å². The normalized spacial score (nSPS) is 24.8. The van der Waals surface area contributed by atoms with Crippen LogP contribution in [0.15, 0.2) is 17.5 Å². The van der Waals surface area contributed by atoms with Gasteiger partial charge in [0, 0.05) is 4.88 Å². The van der Waals surface area contributed by atoms with Crippen LogP contribution in [0.5, 0.6) is 0 Å². The van der Waals surface area contributed by atoms with Crippen LogP contribution in [0.3, 0.4) is 0 Å². The van der Waals surface area contributed by atoms with Gasteiger partial charge in [0.15, 0.2) is 0 Å². The van der Waals surface area contributed by atoms with E-state index in [0.29, 0.717) is 6.42 Å². The largest absolute Gasteiger partial charge is 0.481 e. The molecule has 2 N–H and O–H groups in total. The van der Waals surface area contributed by atoms with Gasteiger partial charge in [0.2, 0.25) is 5.91 Å². The van der Waals surface area contributed by atoms with Crippen molar-refractivity contribution < 1.29 is 14.7 Å². The second-order valence-electron chi connectivity index (χ2n) is 4.03. The lowest BCUT2D eigenvalue weighted by Gasteiger charge is -2.11. The van der Waals surface area contributed by atoms with Crippen LogP contribution in [0, 0.1) is 11.8 Å². The van der Waals surface area contributed by atoms with Crippen molar-refractivity contribution in [3.63, 3.8) is 0 Å². The van der Waals surface area contributed by atoms with Gasteiger partial charge in [-0.3, -0.25) is 9.59 Å². The fraction of sp³-hybridized carbons (Fsp3) is 0.455. The predicted molar refractivity (Wildman–Crippen MR) is 60.1 cm³/mol. The monoisotopic (exact) mass is 239 g/mol. The van der Waals surface area contributed by atoms with E-state index in [2.05, 4.69) is 5.32 Å². The summed E-state index contributed by atoms with van der Waals surface area (Å²) in [4.78, 5) is 23.4. The van der Waals surface area contributed by atoms with Crippen molar-refractivity contribution in [2.45, 2.75) is 19.4 Å². The van der Waals surface area contributed by atoms with Gasteiger partial charge in [0.05, 0.1) is 17.9 Å². The Morgan fingerprint density at radius 3 is 2.81 bits per heavy atom. The van der Waals surface area contributed by atoms with Gasteiger partial charge in [0.1, 0.15) is 0 Å². The summed E-state index contributed by atoms with van der Waals surface area (Å²) in [6.45, 7) is 1.90. The number of carbonyl (C=O) groups excluding carboxylic acids is 1. The zero-order valence-corrected chi connectivity index (χ0v) is 9.66. The second-order valence-corrected chi connectivity index (χ2v) is 5.01. The highest BCUT2D eigenvalue weighted by atomic mass is 32.1. The van der Waals surface area contributed by atoms with Gasteiger partial charge in [-0.2, -0.15) is 0 Å². The molecule has 1 aliphatic rings. The molecule has 3 atom stereocenters. The van der Waals surface area contributed by atoms with Crippen molar-refractivity contribution in [1.29, 1.82) is 0 Å². The maximum absolute atomic E-state index is 11.7. The Labute approximate surface area is 97.3 Å². The molecule has 16 heavy (non-hydrogen) atoms. The molecule has 1 unspecified atom stereocenters. The minimum atomic E-state index is -0.871. The van der Waals surface area contributed by atoms with Gasteiger partial charge in [-0.25, -0.2) is 0 Å². The second kappa shape index (κ2) is 4.25. The zero-order valence-electron chi connectivity index (χ0n) is 8.84. The van der Waals surface area contributed by atoms with Crippen molar-refractivity contribution in [1.82, 2.24) is 5.32 Å². The van der Waals surface area contributed by atoms with E-state index in [9.17, 15) is 9.59 Å². The van der Waals surface area contributed by atoms with Crippen LogP contribution >= 0.6 is 11.3 Å². The summed E-state index contributed by atoms with van der Waals surface area (Å²) in [7, 11) is 0. The summed E-state index contributed by atoms with van der Waals surface area (Å²) in [6, 6.07) is 3.85. The fourth-order valence-corrected chi connectivity index (χ4v) is 2.42. The summed E-state index contributed by atoms with van der Waals surface area (Å²) < 4.78 is 0. The molecule has 0 bridgehead atoms. The van der Waals surface area contributed by atoms with Crippen LogP contribution in [-0.2, 0) is 9.59 Å². The Morgan fingerprint density at radius 2 is 2.31 bits per heavy atom. The van der Waals surface area contributed by atoms with E-state index < -0.39 is 11.9 Å². The SMILES string of the molecule is CC(NC(=O)[C@@H]1C[C@@H]1C(=O)O)c1cccs1. The smallest absolute Gasteiger partial charge is 0.307 e. The molecule has 0 aliphatic heterocycles. The van der Waals surface area contributed by atoms with Crippen molar-refractivity contribution in [2.24, 2.45) is 11.8 Å². The highest BCUT2D eigenvalue weighted by molar-refractivity contribution is 7.10. The van der Waals surface area contributed by atoms with E-state index in [1.54, 1.807) is 11.3 Å². The van der Waals surface area contributed by atoms with Gasteiger partial charge in [-0.15, -0.1) is 11.3 Å². The molecular weight excluding hydrogens is 226 g/mol. The highest BCUT2D eigenvalue weighted by Crippen LogP contribution is 2.39. The molecule has 1 amide bonds. The molecule has 5 heteroatoms. The summed E-state index contributed by atoms with van der Waals surface area (Å²) in [5.41, 5.74) is 0. The molecule has 0 aromatic carbocycles. The van der Waals surface area contributed by atoms with E-state index in [1.807, 2.05) is 24.4 Å². The van der Waals surface area contributed by atoms with E-state index in [0.717, 1.165) is 4.88 Å². The summed E-state index contributed by atoms with van der Waals surface area (Å²) in [5.74, 6) is -1.83. The number of aliphatic carboxylic acids is 1. The lowest BCUT2D eigenvalue weighted by molar-refractivity contribution is -0.140. The molecule has 86 valence electrons. The topological polar surface area (TPSA) is 66.4 Å². The number of carboxylic acids is 1. The first-order valence-electron chi connectivity index (χ1n) is 5.16. The van der Waals surface area contributed by atoms with E-state index in [4.69, 9.17) is 5.11 Å². The molecule has 1 aromatic rings. The van der Waals surface area contributed by atoms with Crippen LogP contribution in [-0.4, -0.2) is 17.0 Å². The fourth-order valence-electron chi connectivity index (χ4n) is 1.69. The molecule has 0 radical (unpaired) electrons. The lowest BCUT2D eigenvalue weighted by Crippen LogP contribution is -2.28. The molecule has 1 heterocycles. The first-order valence-corrected chi connectivity index (χ1v) is 6.04. The predicted octanol–water partition coefficient (Wildman–Crippen LogP) is 1.65. The molecule has 1 aromatic heterocycles. The number of amides is 1. The first-order chi connectivity index (χ1) is 7.59. The van der Waals surface area contributed by atoms with Crippen LogP contribution in [0.1, 0.15) is 24.3 Å². The number of carboxylic acid groups (broad SMARTS) is 1. The van der Waals surface area contributed by atoms with Crippen LogP contribution < -0.4 is 5.32 Å². The van der Waals surface area contributed by atoms with Crippen molar-refractivity contribution in [3.05, 3.63) is 22.4 Å². The summed E-state index contributed by atoms with van der Waals surface area (Å²) >= 11 is 1.58. The van der Waals surface area contributed by atoms with E-state index in [1.165, 1.54) is 0 Å². The molecule has 0 spiro atoms. The minimum absolute atomic E-state index is 0.0393. The van der Waals surface area contributed by atoms with Gasteiger partial charge >= 0.3 is 5.97 Å². The Balaban J connectivity index is 1.87. The van der Waals surface area contributed by atoms with Crippen LogP contribution in [0.2, 0.25) is 0 Å². The zero-order chi connectivity index (χ0) is 11.7.